The Bertz CT molecular complexity index is 886. The highest BCUT2D eigenvalue weighted by Gasteiger charge is 2.22. The van der Waals surface area contributed by atoms with Crippen LogP contribution in [0.25, 0.3) is 4.96 Å². The van der Waals surface area contributed by atoms with Crippen LogP contribution in [-0.2, 0) is 11.3 Å². The van der Waals surface area contributed by atoms with Gasteiger partial charge in [0.15, 0.2) is 4.96 Å². The zero-order valence-electron chi connectivity index (χ0n) is 12.9. The molecule has 6 nitrogen and oxygen atoms in total. The van der Waals surface area contributed by atoms with Gasteiger partial charge in [0.2, 0.25) is 5.91 Å². The van der Waals surface area contributed by atoms with Crippen molar-refractivity contribution in [3.05, 3.63) is 53.3 Å². The van der Waals surface area contributed by atoms with E-state index in [0.717, 1.165) is 29.3 Å². The zero-order chi connectivity index (χ0) is 16.5. The predicted molar refractivity (Wildman–Crippen MR) is 92.3 cm³/mol. The van der Waals surface area contributed by atoms with E-state index in [-0.39, 0.29) is 11.8 Å². The average Bonchev–Trinajstić information content (AvgIpc) is 3.28. The fourth-order valence-corrected chi connectivity index (χ4v) is 3.59. The number of anilines is 1. The smallest absolute Gasteiger partial charge is 0.251 e. The predicted octanol–water partition coefficient (Wildman–Crippen LogP) is 2.45. The van der Waals surface area contributed by atoms with Crippen molar-refractivity contribution in [3.8, 4) is 0 Å². The topological polar surface area (TPSA) is 66.7 Å². The van der Waals surface area contributed by atoms with E-state index in [1.54, 1.807) is 28.4 Å². The summed E-state index contributed by atoms with van der Waals surface area (Å²) in [7, 11) is 0. The maximum atomic E-state index is 12.4. The summed E-state index contributed by atoms with van der Waals surface area (Å²) in [4.78, 5) is 31.3. The fraction of sp³-hybridized carbons (Fsp3) is 0.235. The van der Waals surface area contributed by atoms with Crippen LogP contribution in [-0.4, -0.2) is 27.7 Å². The highest BCUT2D eigenvalue weighted by molar-refractivity contribution is 7.15. The molecule has 1 aromatic carbocycles. The Labute approximate surface area is 142 Å². The van der Waals surface area contributed by atoms with Gasteiger partial charge in [0.05, 0.1) is 12.2 Å². The molecular formula is C17H16N4O2S. The lowest BCUT2D eigenvalue weighted by molar-refractivity contribution is -0.117. The largest absolute Gasteiger partial charge is 0.346 e. The van der Waals surface area contributed by atoms with Crippen LogP contribution in [0.2, 0.25) is 0 Å². The fourth-order valence-electron chi connectivity index (χ4n) is 2.87. The summed E-state index contributed by atoms with van der Waals surface area (Å²) in [6.45, 7) is 1.09. The van der Waals surface area contributed by atoms with Gasteiger partial charge in [-0.05, 0) is 24.6 Å². The number of aromatic nitrogens is 2. The Morgan fingerprint density at radius 1 is 1.38 bits per heavy atom. The van der Waals surface area contributed by atoms with Crippen molar-refractivity contribution in [2.45, 2.75) is 19.4 Å². The van der Waals surface area contributed by atoms with Crippen LogP contribution < -0.4 is 10.2 Å². The Morgan fingerprint density at radius 2 is 2.29 bits per heavy atom. The minimum absolute atomic E-state index is 0.116. The Hall–Kier alpha value is -2.67. The third kappa shape index (κ3) is 2.78. The van der Waals surface area contributed by atoms with E-state index >= 15 is 0 Å². The van der Waals surface area contributed by atoms with Crippen LogP contribution in [0, 0.1) is 0 Å². The number of hydrogen-bond acceptors (Lipinski definition) is 4. The second-order valence-corrected chi connectivity index (χ2v) is 6.58. The highest BCUT2D eigenvalue weighted by atomic mass is 32.1. The summed E-state index contributed by atoms with van der Waals surface area (Å²) in [5, 5.41) is 4.85. The molecule has 0 spiro atoms. The van der Waals surface area contributed by atoms with Crippen molar-refractivity contribution in [2.75, 3.05) is 11.4 Å². The molecule has 24 heavy (non-hydrogen) atoms. The maximum absolute atomic E-state index is 12.4. The molecule has 3 heterocycles. The number of nitrogens with zero attached hydrogens (tertiary/aromatic N) is 3. The molecule has 0 bridgehead atoms. The molecule has 0 unspecified atom stereocenters. The molecule has 4 rings (SSSR count). The number of carbonyl (C=O) groups is 2. The summed E-state index contributed by atoms with van der Waals surface area (Å²) in [5.74, 6) is -0.0505. The molecular weight excluding hydrogens is 324 g/mol. The van der Waals surface area contributed by atoms with Gasteiger partial charge in [0.1, 0.15) is 0 Å². The highest BCUT2D eigenvalue weighted by Crippen LogP contribution is 2.22. The summed E-state index contributed by atoms with van der Waals surface area (Å²) < 4.78 is 1.94. The molecule has 1 saturated heterocycles. The number of amides is 2. The van der Waals surface area contributed by atoms with Crippen molar-refractivity contribution in [2.24, 2.45) is 0 Å². The van der Waals surface area contributed by atoms with E-state index in [1.807, 2.05) is 34.3 Å². The first-order valence-electron chi connectivity index (χ1n) is 7.80. The molecule has 7 heteroatoms. The summed E-state index contributed by atoms with van der Waals surface area (Å²) >= 11 is 1.56. The first-order valence-corrected chi connectivity index (χ1v) is 8.68. The zero-order valence-corrected chi connectivity index (χ0v) is 13.8. The molecule has 0 atom stereocenters. The number of carbonyl (C=O) groups excluding carboxylic acids is 2. The third-order valence-corrected chi connectivity index (χ3v) is 4.84. The molecule has 1 N–H and O–H groups in total. The lowest BCUT2D eigenvalue weighted by Crippen LogP contribution is -2.25. The van der Waals surface area contributed by atoms with Crippen molar-refractivity contribution < 1.29 is 9.59 Å². The Kier molecular flexibility index (Phi) is 3.78. The minimum Gasteiger partial charge on any atom is -0.346 e. The molecule has 1 fully saturated rings. The molecule has 3 aromatic rings. The van der Waals surface area contributed by atoms with E-state index < -0.39 is 0 Å². The molecule has 0 radical (unpaired) electrons. The number of hydrogen-bond donors (Lipinski definition) is 1. The van der Waals surface area contributed by atoms with Crippen molar-refractivity contribution in [1.82, 2.24) is 14.7 Å². The average molecular weight is 340 g/mol. The van der Waals surface area contributed by atoms with Gasteiger partial charge in [-0.2, -0.15) is 0 Å². The lowest BCUT2D eigenvalue weighted by atomic mass is 10.1. The third-order valence-electron chi connectivity index (χ3n) is 4.07. The van der Waals surface area contributed by atoms with Crippen molar-refractivity contribution >= 4 is 33.8 Å². The van der Waals surface area contributed by atoms with Crippen LogP contribution in [0.4, 0.5) is 5.69 Å². The first kappa shape index (κ1) is 14.9. The monoisotopic (exact) mass is 340 g/mol. The quantitative estimate of drug-likeness (QED) is 0.793. The van der Waals surface area contributed by atoms with E-state index in [1.165, 1.54) is 0 Å². The van der Waals surface area contributed by atoms with Gasteiger partial charge < -0.3 is 10.2 Å². The molecule has 122 valence electrons. The van der Waals surface area contributed by atoms with Gasteiger partial charge in [0.25, 0.3) is 5.91 Å². The van der Waals surface area contributed by atoms with Gasteiger partial charge in [-0.15, -0.1) is 11.3 Å². The number of thiazole rings is 1. The van der Waals surface area contributed by atoms with Crippen molar-refractivity contribution in [1.29, 1.82) is 0 Å². The van der Waals surface area contributed by atoms with Crippen LogP contribution >= 0.6 is 11.3 Å². The van der Waals surface area contributed by atoms with E-state index in [2.05, 4.69) is 10.3 Å². The summed E-state index contributed by atoms with van der Waals surface area (Å²) in [6, 6.07) is 7.20. The van der Waals surface area contributed by atoms with Crippen LogP contribution in [0.5, 0.6) is 0 Å². The van der Waals surface area contributed by atoms with Crippen LogP contribution in [0.1, 0.15) is 28.9 Å². The SMILES string of the molecule is O=C(NCc1cn2ccsc2n1)c1cccc(N2CCCC2=O)c1. The second kappa shape index (κ2) is 6.09. The Balaban J connectivity index is 1.46. The van der Waals surface area contributed by atoms with Gasteiger partial charge in [-0.25, -0.2) is 4.98 Å². The lowest BCUT2D eigenvalue weighted by Gasteiger charge is -2.16. The molecule has 1 aliphatic rings. The molecule has 0 saturated carbocycles. The van der Waals surface area contributed by atoms with E-state index in [0.29, 0.717) is 18.5 Å². The van der Waals surface area contributed by atoms with Crippen molar-refractivity contribution in [3.63, 3.8) is 0 Å². The van der Waals surface area contributed by atoms with E-state index in [4.69, 9.17) is 0 Å². The summed E-state index contributed by atoms with van der Waals surface area (Å²) in [5.41, 5.74) is 2.15. The minimum atomic E-state index is -0.167. The normalized spacial score (nSPS) is 14.5. The van der Waals surface area contributed by atoms with E-state index in [9.17, 15) is 9.59 Å². The van der Waals surface area contributed by atoms with Crippen LogP contribution in [0.3, 0.4) is 0 Å². The van der Waals surface area contributed by atoms with Gasteiger partial charge in [-0.3, -0.25) is 14.0 Å². The molecule has 2 amide bonds. The summed E-state index contributed by atoms with van der Waals surface area (Å²) in [6.07, 6.45) is 5.29. The number of imidazole rings is 1. The number of nitrogens with one attached hydrogen (secondary N) is 1. The van der Waals surface area contributed by atoms with Gasteiger partial charge >= 0.3 is 0 Å². The second-order valence-electron chi connectivity index (χ2n) is 5.71. The Morgan fingerprint density at radius 3 is 3.08 bits per heavy atom. The van der Waals surface area contributed by atoms with Crippen LogP contribution in [0.15, 0.2) is 42.0 Å². The molecule has 1 aliphatic heterocycles. The maximum Gasteiger partial charge on any atom is 0.251 e. The van der Waals surface area contributed by atoms with Gasteiger partial charge in [0, 0.05) is 42.0 Å². The number of rotatable bonds is 4. The number of fused-ring (bicyclic) bond motifs is 1. The van der Waals surface area contributed by atoms with Gasteiger partial charge in [-0.1, -0.05) is 6.07 Å². The molecule has 0 aliphatic carbocycles. The number of benzene rings is 1. The standard InChI is InChI=1S/C17H16N4O2S/c22-15-5-2-6-21(15)14-4-1-3-12(9-14)16(23)18-10-13-11-20-7-8-24-17(20)19-13/h1,3-4,7-9,11H,2,5-6,10H2,(H,18,23). The molecule has 2 aromatic heterocycles. The first-order chi connectivity index (χ1) is 11.7.